The zero-order valence-corrected chi connectivity index (χ0v) is 16.2. The van der Waals surface area contributed by atoms with E-state index in [0.29, 0.717) is 12.3 Å². The standard InChI is InChI=1S/C21H20N2O6/c1-4-29-15-12-8-11-14(19(15)24)17-16(20(25)27-2)18(21(26)28-3)23(22-17)13-9-6-5-7-10-13/h5-12,24H,4H2,1-3H3. The molecule has 1 aromatic heterocycles. The Morgan fingerprint density at radius 1 is 1.00 bits per heavy atom. The van der Waals surface area contributed by atoms with Gasteiger partial charge in [0.15, 0.2) is 17.2 Å². The van der Waals surface area contributed by atoms with Crippen LogP contribution in [0.15, 0.2) is 48.5 Å². The van der Waals surface area contributed by atoms with Crippen LogP contribution < -0.4 is 4.74 Å². The number of phenols is 1. The van der Waals surface area contributed by atoms with E-state index in [1.807, 2.05) is 6.07 Å². The number of nitrogens with zero attached hydrogens (tertiary/aromatic N) is 2. The van der Waals surface area contributed by atoms with E-state index in [1.54, 1.807) is 49.4 Å². The first kappa shape index (κ1) is 19.9. The van der Waals surface area contributed by atoms with Crippen molar-refractivity contribution in [3.8, 4) is 28.4 Å². The molecule has 0 radical (unpaired) electrons. The van der Waals surface area contributed by atoms with Crippen molar-refractivity contribution in [2.75, 3.05) is 20.8 Å². The quantitative estimate of drug-likeness (QED) is 0.639. The highest BCUT2D eigenvalue weighted by Gasteiger charge is 2.32. The molecule has 0 aliphatic heterocycles. The number of esters is 2. The predicted octanol–water partition coefficient (Wildman–Crippen LogP) is 3.22. The number of carbonyl (C=O) groups excluding carboxylic acids is 2. The largest absolute Gasteiger partial charge is 0.504 e. The fraction of sp³-hybridized carbons (Fsp3) is 0.190. The molecule has 1 heterocycles. The van der Waals surface area contributed by atoms with Crippen LogP contribution in [0, 0.1) is 0 Å². The molecule has 0 saturated carbocycles. The molecule has 1 N–H and O–H groups in total. The van der Waals surface area contributed by atoms with Crippen LogP contribution in [0.25, 0.3) is 16.9 Å². The van der Waals surface area contributed by atoms with Crippen LogP contribution in [-0.2, 0) is 9.47 Å². The summed E-state index contributed by atoms with van der Waals surface area (Å²) in [6.45, 7) is 2.12. The average Bonchev–Trinajstić information content (AvgIpc) is 3.15. The lowest BCUT2D eigenvalue weighted by atomic mass is 10.0. The molecule has 0 bridgehead atoms. The Labute approximate surface area is 167 Å². The molecule has 8 heteroatoms. The molecule has 0 saturated heterocycles. The topological polar surface area (TPSA) is 99.9 Å². The number of aromatic hydroxyl groups is 1. The van der Waals surface area contributed by atoms with Crippen LogP contribution in [0.3, 0.4) is 0 Å². The summed E-state index contributed by atoms with van der Waals surface area (Å²) >= 11 is 0. The highest BCUT2D eigenvalue weighted by Crippen LogP contribution is 2.39. The number of hydrogen-bond donors (Lipinski definition) is 1. The maximum atomic E-state index is 12.6. The maximum absolute atomic E-state index is 12.6. The SMILES string of the molecule is CCOc1cccc(-c2nn(-c3ccccc3)c(C(=O)OC)c2C(=O)OC)c1O. The van der Waals surface area contributed by atoms with Gasteiger partial charge in [-0.05, 0) is 31.2 Å². The summed E-state index contributed by atoms with van der Waals surface area (Å²) in [6, 6.07) is 13.6. The summed E-state index contributed by atoms with van der Waals surface area (Å²) in [7, 11) is 2.40. The molecule has 0 unspecified atom stereocenters. The minimum Gasteiger partial charge on any atom is -0.504 e. The number of benzene rings is 2. The van der Waals surface area contributed by atoms with E-state index >= 15 is 0 Å². The van der Waals surface area contributed by atoms with E-state index in [0.717, 1.165) is 0 Å². The molecular formula is C21H20N2O6. The number of carbonyl (C=O) groups is 2. The fourth-order valence-corrected chi connectivity index (χ4v) is 2.93. The number of hydrogen-bond acceptors (Lipinski definition) is 7. The zero-order chi connectivity index (χ0) is 21.0. The van der Waals surface area contributed by atoms with Crippen LogP contribution >= 0.6 is 0 Å². The van der Waals surface area contributed by atoms with E-state index in [2.05, 4.69) is 5.10 Å². The molecule has 0 amide bonds. The van der Waals surface area contributed by atoms with Crippen LogP contribution in [0.1, 0.15) is 27.8 Å². The Kier molecular flexibility index (Phi) is 5.82. The van der Waals surface area contributed by atoms with Gasteiger partial charge in [-0.25, -0.2) is 14.3 Å². The van der Waals surface area contributed by atoms with Gasteiger partial charge in [-0.1, -0.05) is 24.3 Å². The highest BCUT2D eigenvalue weighted by atomic mass is 16.5. The van der Waals surface area contributed by atoms with Crippen LogP contribution in [0.4, 0.5) is 0 Å². The van der Waals surface area contributed by atoms with Gasteiger partial charge in [0.1, 0.15) is 11.3 Å². The molecule has 0 atom stereocenters. The van der Waals surface area contributed by atoms with Gasteiger partial charge in [-0.15, -0.1) is 0 Å². The molecule has 0 fully saturated rings. The molecular weight excluding hydrogens is 376 g/mol. The highest BCUT2D eigenvalue weighted by molar-refractivity contribution is 6.07. The Morgan fingerprint density at radius 3 is 2.31 bits per heavy atom. The van der Waals surface area contributed by atoms with Crippen LogP contribution in [0.5, 0.6) is 11.5 Å². The summed E-state index contributed by atoms with van der Waals surface area (Å²) in [5.74, 6) is -1.53. The molecule has 0 aliphatic carbocycles. The van der Waals surface area contributed by atoms with Crippen molar-refractivity contribution in [2.45, 2.75) is 6.92 Å². The Bertz CT molecular complexity index is 1040. The predicted molar refractivity (Wildman–Crippen MR) is 105 cm³/mol. The van der Waals surface area contributed by atoms with Gasteiger partial charge in [0.05, 0.1) is 26.5 Å². The summed E-state index contributed by atoms with van der Waals surface area (Å²) in [6.07, 6.45) is 0. The van der Waals surface area contributed by atoms with Crippen molar-refractivity contribution in [2.24, 2.45) is 0 Å². The van der Waals surface area contributed by atoms with Crippen molar-refractivity contribution < 1.29 is 28.9 Å². The molecule has 2 aromatic carbocycles. The van der Waals surface area contributed by atoms with Crippen molar-refractivity contribution in [1.82, 2.24) is 9.78 Å². The lowest BCUT2D eigenvalue weighted by Gasteiger charge is -2.09. The van der Waals surface area contributed by atoms with E-state index in [9.17, 15) is 14.7 Å². The average molecular weight is 396 g/mol. The minimum absolute atomic E-state index is 0.0696. The normalized spacial score (nSPS) is 10.4. The summed E-state index contributed by atoms with van der Waals surface area (Å²) in [4.78, 5) is 25.2. The van der Waals surface area contributed by atoms with E-state index in [4.69, 9.17) is 14.2 Å². The van der Waals surface area contributed by atoms with Gasteiger partial charge in [-0.2, -0.15) is 5.10 Å². The van der Waals surface area contributed by atoms with Gasteiger partial charge in [0, 0.05) is 5.56 Å². The minimum atomic E-state index is -0.788. The lowest BCUT2D eigenvalue weighted by molar-refractivity contribution is 0.0549. The van der Waals surface area contributed by atoms with E-state index < -0.39 is 11.9 Å². The van der Waals surface area contributed by atoms with Gasteiger partial charge in [0.2, 0.25) is 0 Å². The summed E-state index contributed by atoms with van der Waals surface area (Å²) in [5, 5.41) is 15.1. The molecule has 8 nitrogen and oxygen atoms in total. The van der Waals surface area contributed by atoms with Crippen molar-refractivity contribution in [1.29, 1.82) is 0 Å². The Balaban J connectivity index is 2.36. The number of rotatable bonds is 6. The van der Waals surface area contributed by atoms with Crippen molar-refractivity contribution in [3.63, 3.8) is 0 Å². The third kappa shape index (κ3) is 3.64. The number of aromatic nitrogens is 2. The Hall–Kier alpha value is -3.81. The van der Waals surface area contributed by atoms with Gasteiger partial charge >= 0.3 is 11.9 Å². The molecule has 150 valence electrons. The molecule has 3 aromatic rings. The Morgan fingerprint density at radius 2 is 1.69 bits per heavy atom. The first-order valence-corrected chi connectivity index (χ1v) is 8.83. The second-order valence-corrected chi connectivity index (χ2v) is 5.89. The second kappa shape index (κ2) is 8.47. The van der Waals surface area contributed by atoms with Gasteiger partial charge < -0.3 is 19.3 Å². The first-order chi connectivity index (χ1) is 14.0. The third-order valence-corrected chi connectivity index (χ3v) is 4.21. The number of phenolic OH excluding ortho intramolecular Hbond substituents is 1. The summed E-state index contributed by atoms with van der Waals surface area (Å²) in [5.41, 5.74) is 0.593. The second-order valence-electron chi connectivity index (χ2n) is 5.89. The smallest absolute Gasteiger partial charge is 0.357 e. The van der Waals surface area contributed by atoms with Gasteiger partial charge in [0.25, 0.3) is 0 Å². The van der Waals surface area contributed by atoms with Gasteiger partial charge in [-0.3, -0.25) is 0 Å². The summed E-state index contributed by atoms with van der Waals surface area (Å²) < 4.78 is 16.5. The molecule has 29 heavy (non-hydrogen) atoms. The molecule has 0 spiro atoms. The van der Waals surface area contributed by atoms with E-state index in [-0.39, 0.29) is 34.0 Å². The van der Waals surface area contributed by atoms with Crippen molar-refractivity contribution >= 4 is 11.9 Å². The molecule has 3 rings (SSSR count). The monoisotopic (exact) mass is 396 g/mol. The van der Waals surface area contributed by atoms with E-state index in [1.165, 1.54) is 18.9 Å². The zero-order valence-electron chi connectivity index (χ0n) is 16.2. The van der Waals surface area contributed by atoms with Crippen molar-refractivity contribution in [3.05, 3.63) is 59.8 Å². The van der Waals surface area contributed by atoms with Crippen LogP contribution in [0.2, 0.25) is 0 Å². The first-order valence-electron chi connectivity index (χ1n) is 8.83. The fourth-order valence-electron chi connectivity index (χ4n) is 2.93. The lowest BCUT2D eigenvalue weighted by Crippen LogP contribution is -2.15. The third-order valence-electron chi connectivity index (χ3n) is 4.21. The maximum Gasteiger partial charge on any atom is 0.357 e. The number of methoxy groups -OCH3 is 2. The number of para-hydroxylation sites is 2. The van der Waals surface area contributed by atoms with Crippen LogP contribution in [-0.4, -0.2) is 47.7 Å². The molecule has 0 aliphatic rings. The number of ether oxygens (including phenoxy) is 3.